The molecular weight excluding hydrogens is 370 g/mol. The van der Waals surface area contributed by atoms with E-state index < -0.39 is 5.60 Å². The maximum Gasteiger partial charge on any atom is 0.410 e. The Kier molecular flexibility index (Phi) is 10.2. The topological polar surface area (TPSA) is 76.1 Å². The molecule has 1 aromatic rings. The summed E-state index contributed by atoms with van der Waals surface area (Å²) in [6, 6.07) is 3.85. The molecule has 164 valence electrons. The van der Waals surface area contributed by atoms with Crippen molar-refractivity contribution in [1.82, 2.24) is 4.90 Å². The number of rotatable bonds is 6. The van der Waals surface area contributed by atoms with E-state index in [0.29, 0.717) is 12.5 Å². The fraction of sp³-hybridized carbons (Fsp3) is 0.652. The first-order valence-corrected chi connectivity index (χ1v) is 10.3. The van der Waals surface area contributed by atoms with Crippen molar-refractivity contribution in [2.75, 3.05) is 26.8 Å². The highest BCUT2D eigenvalue weighted by Gasteiger charge is 2.26. The monoisotopic (exact) mass is 407 g/mol. The van der Waals surface area contributed by atoms with Crippen LogP contribution in [0.25, 0.3) is 0 Å². The number of aldehydes is 1. The summed E-state index contributed by atoms with van der Waals surface area (Å²) in [4.78, 5) is 25.0. The van der Waals surface area contributed by atoms with Gasteiger partial charge in [0.1, 0.15) is 11.4 Å². The quantitative estimate of drug-likeness (QED) is 0.554. The average molecular weight is 408 g/mol. The number of aryl methyl sites for hydroxylation is 2. The van der Waals surface area contributed by atoms with E-state index in [2.05, 4.69) is 0 Å². The van der Waals surface area contributed by atoms with E-state index in [1.54, 1.807) is 0 Å². The molecule has 0 bridgehead atoms. The van der Waals surface area contributed by atoms with Gasteiger partial charge in [-0.2, -0.15) is 0 Å². The zero-order valence-corrected chi connectivity index (χ0v) is 18.8. The summed E-state index contributed by atoms with van der Waals surface area (Å²) in [6.45, 7) is 11.8. The molecule has 6 heteroatoms. The first-order chi connectivity index (χ1) is 13.7. The van der Waals surface area contributed by atoms with Gasteiger partial charge in [0.25, 0.3) is 0 Å². The Morgan fingerprint density at radius 1 is 1.17 bits per heavy atom. The minimum Gasteiger partial charge on any atom is -0.494 e. The van der Waals surface area contributed by atoms with Crippen molar-refractivity contribution in [3.05, 3.63) is 28.8 Å². The average Bonchev–Trinajstić information content (AvgIpc) is 2.66. The van der Waals surface area contributed by atoms with Crippen molar-refractivity contribution in [3.8, 4) is 5.75 Å². The van der Waals surface area contributed by atoms with Crippen LogP contribution in [0.5, 0.6) is 5.75 Å². The van der Waals surface area contributed by atoms with Gasteiger partial charge in [-0.3, -0.25) is 4.79 Å². The molecule has 0 radical (unpaired) electrons. The zero-order valence-electron chi connectivity index (χ0n) is 18.8. The van der Waals surface area contributed by atoms with Crippen LogP contribution < -0.4 is 4.74 Å². The smallest absolute Gasteiger partial charge is 0.410 e. The molecular formula is C23H37NO5. The fourth-order valence-electron chi connectivity index (χ4n) is 3.50. The minimum atomic E-state index is -0.439. The summed E-state index contributed by atoms with van der Waals surface area (Å²) in [5, 5.41) is 7.00. The van der Waals surface area contributed by atoms with Gasteiger partial charge in [0.2, 0.25) is 0 Å². The van der Waals surface area contributed by atoms with E-state index in [4.69, 9.17) is 14.6 Å². The van der Waals surface area contributed by atoms with Crippen LogP contribution in [0.2, 0.25) is 0 Å². The van der Waals surface area contributed by atoms with Crippen LogP contribution in [0.3, 0.4) is 0 Å². The van der Waals surface area contributed by atoms with Gasteiger partial charge in [0.05, 0.1) is 6.61 Å². The molecule has 2 rings (SSSR count). The lowest BCUT2D eigenvalue weighted by Crippen LogP contribution is -2.41. The number of benzene rings is 1. The summed E-state index contributed by atoms with van der Waals surface area (Å²) in [7, 11) is 1.00. The molecule has 1 heterocycles. The second-order valence-corrected chi connectivity index (χ2v) is 8.49. The molecule has 1 aliphatic rings. The molecule has 1 N–H and O–H groups in total. The van der Waals surface area contributed by atoms with Crippen molar-refractivity contribution < 1.29 is 24.2 Å². The number of carbonyl (C=O) groups excluding carboxylic acids is 2. The highest BCUT2D eigenvalue weighted by Crippen LogP contribution is 2.24. The van der Waals surface area contributed by atoms with E-state index in [0.717, 1.165) is 74.6 Å². The Hall–Kier alpha value is -2.08. The molecule has 0 aliphatic carbocycles. The molecule has 0 unspecified atom stereocenters. The Labute approximate surface area is 175 Å². The lowest BCUT2D eigenvalue weighted by molar-refractivity contribution is 0.0179. The molecule has 29 heavy (non-hydrogen) atoms. The standard InChI is InChI=1S/C22H33NO4.CH4O/c1-16-13-19(14-17(2)20(16)15-24)26-12-6-7-18-8-10-23(11-9-18)21(25)27-22(3,4)5;1-2/h13-15,18H,6-12H2,1-5H3;2H,1H3. The van der Waals surface area contributed by atoms with Crippen LogP contribution in [0.1, 0.15) is 67.9 Å². The number of likely N-dealkylation sites (tertiary alicyclic amines) is 1. The van der Waals surface area contributed by atoms with Crippen LogP contribution >= 0.6 is 0 Å². The van der Waals surface area contributed by atoms with Crippen LogP contribution in [0, 0.1) is 19.8 Å². The van der Waals surface area contributed by atoms with Gasteiger partial charge in [-0.1, -0.05) is 0 Å². The van der Waals surface area contributed by atoms with Crippen molar-refractivity contribution in [3.63, 3.8) is 0 Å². The summed E-state index contributed by atoms with van der Waals surface area (Å²) in [5.41, 5.74) is 2.22. The van der Waals surface area contributed by atoms with Gasteiger partial charge in [-0.15, -0.1) is 0 Å². The van der Waals surface area contributed by atoms with Crippen LogP contribution in [-0.4, -0.2) is 54.8 Å². The Morgan fingerprint density at radius 3 is 2.21 bits per heavy atom. The molecule has 1 amide bonds. The number of ether oxygens (including phenoxy) is 2. The fourth-order valence-corrected chi connectivity index (χ4v) is 3.50. The molecule has 1 aliphatic heterocycles. The first-order valence-electron chi connectivity index (χ1n) is 10.3. The number of hydrogen-bond acceptors (Lipinski definition) is 5. The Bertz CT molecular complexity index is 635. The zero-order chi connectivity index (χ0) is 22.0. The van der Waals surface area contributed by atoms with Crippen molar-refractivity contribution in [1.29, 1.82) is 0 Å². The van der Waals surface area contributed by atoms with Gasteiger partial charge < -0.3 is 19.5 Å². The van der Waals surface area contributed by atoms with Crippen LogP contribution in [0.15, 0.2) is 12.1 Å². The van der Waals surface area contributed by atoms with Gasteiger partial charge in [-0.25, -0.2) is 4.79 Å². The number of nitrogens with zero attached hydrogens (tertiary/aromatic N) is 1. The number of piperidine rings is 1. The summed E-state index contributed by atoms with van der Waals surface area (Å²) < 4.78 is 11.3. The summed E-state index contributed by atoms with van der Waals surface area (Å²) >= 11 is 0. The van der Waals surface area contributed by atoms with E-state index in [1.165, 1.54) is 0 Å². The normalized spacial score (nSPS) is 14.7. The summed E-state index contributed by atoms with van der Waals surface area (Å²) in [6.07, 6.45) is 4.83. The number of aliphatic hydroxyl groups excluding tert-OH is 1. The van der Waals surface area contributed by atoms with E-state index in [1.807, 2.05) is 51.7 Å². The predicted octanol–water partition coefficient (Wildman–Crippen LogP) is 4.53. The molecule has 0 saturated carbocycles. The van der Waals surface area contributed by atoms with Gasteiger partial charge in [0.15, 0.2) is 6.29 Å². The first kappa shape index (κ1) is 25.0. The highest BCUT2D eigenvalue weighted by atomic mass is 16.6. The maximum atomic E-state index is 12.1. The predicted molar refractivity (Wildman–Crippen MR) is 115 cm³/mol. The molecule has 0 atom stereocenters. The van der Waals surface area contributed by atoms with E-state index in [9.17, 15) is 9.59 Å². The second-order valence-electron chi connectivity index (χ2n) is 8.49. The Balaban J connectivity index is 0.00000204. The number of aliphatic hydroxyl groups is 1. The van der Waals surface area contributed by atoms with Crippen molar-refractivity contribution in [2.45, 2.75) is 65.9 Å². The second kappa shape index (κ2) is 11.8. The number of hydrogen-bond donors (Lipinski definition) is 1. The molecule has 1 saturated heterocycles. The van der Waals surface area contributed by atoms with Crippen LogP contribution in [-0.2, 0) is 4.74 Å². The van der Waals surface area contributed by atoms with Crippen molar-refractivity contribution in [2.24, 2.45) is 5.92 Å². The third-order valence-electron chi connectivity index (χ3n) is 4.98. The van der Waals surface area contributed by atoms with E-state index in [-0.39, 0.29) is 6.09 Å². The largest absolute Gasteiger partial charge is 0.494 e. The number of carbonyl (C=O) groups is 2. The molecule has 0 aromatic heterocycles. The summed E-state index contributed by atoms with van der Waals surface area (Å²) in [5.74, 6) is 1.46. The van der Waals surface area contributed by atoms with Gasteiger partial charge in [0, 0.05) is 25.8 Å². The Morgan fingerprint density at radius 2 is 1.72 bits per heavy atom. The lowest BCUT2D eigenvalue weighted by Gasteiger charge is -2.33. The highest BCUT2D eigenvalue weighted by molar-refractivity contribution is 5.80. The van der Waals surface area contributed by atoms with Crippen molar-refractivity contribution >= 4 is 12.4 Å². The number of amides is 1. The lowest BCUT2D eigenvalue weighted by atomic mass is 9.92. The van der Waals surface area contributed by atoms with Gasteiger partial charge >= 0.3 is 6.09 Å². The van der Waals surface area contributed by atoms with Gasteiger partial charge in [-0.05, 0) is 89.5 Å². The minimum absolute atomic E-state index is 0.200. The van der Waals surface area contributed by atoms with E-state index >= 15 is 0 Å². The molecule has 1 aromatic carbocycles. The molecule has 0 spiro atoms. The van der Waals surface area contributed by atoms with Crippen LogP contribution in [0.4, 0.5) is 4.79 Å². The molecule has 1 fully saturated rings. The SMILES string of the molecule is CO.Cc1cc(OCCCC2CCN(C(=O)OC(C)(C)C)CC2)cc(C)c1C=O. The maximum absolute atomic E-state index is 12.1. The molecule has 6 nitrogen and oxygen atoms in total. The third-order valence-corrected chi connectivity index (χ3v) is 4.98. The third kappa shape index (κ3) is 8.44.